The molecule has 0 N–H and O–H groups in total. The van der Waals surface area contributed by atoms with Crippen LogP contribution in [0.5, 0.6) is 5.75 Å². The highest BCUT2D eigenvalue weighted by atomic mass is 16.5. The van der Waals surface area contributed by atoms with Crippen LogP contribution in [0.1, 0.15) is 38.9 Å². The van der Waals surface area contributed by atoms with Crippen molar-refractivity contribution in [3.05, 3.63) is 89.3 Å². The Hall–Kier alpha value is -4.00. The summed E-state index contributed by atoms with van der Waals surface area (Å²) in [5.41, 5.74) is 4.04. The lowest BCUT2D eigenvalue weighted by atomic mass is 10.1. The van der Waals surface area contributed by atoms with Crippen LogP contribution in [0.2, 0.25) is 0 Å². The largest absolute Gasteiger partial charge is 0.497 e. The van der Waals surface area contributed by atoms with Crippen LogP contribution in [0.15, 0.2) is 71.3 Å². The summed E-state index contributed by atoms with van der Waals surface area (Å²) in [6, 6.07) is 19.1. The summed E-state index contributed by atoms with van der Waals surface area (Å²) in [6.07, 6.45) is 1.64. The highest BCUT2D eigenvalue weighted by Gasteiger charge is 2.32. The number of benzene rings is 2. The number of ether oxygens (including phenoxy) is 1. The Morgan fingerprint density at radius 2 is 1.83 bits per heavy atom. The van der Waals surface area contributed by atoms with Gasteiger partial charge in [-0.2, -0.15) is 0 Å². The molecular formula is C28H29N3O4. The van der Waals surface area contributed by atoms with Crippen molar-refractivity contribution in [1.82, 2.24) is 14.4 Å². The van der Waals surface area contributed by atoms with E-state index in [0.29, 0.717) is 43.1 Å². The van der Waals surface area contributed by atoms with Crippen LogP contribution >= 0.6 is 0 Å². The van der Waals surface area contributed by atoms with E-state index < -0.39 is 0 Å². The molecule has 5 rings (SSSR count). The Morgan fingerprint density at radius 3 is 2.57 bits per heavy atom. The van der Waals surface area contributed by atoms with E-state index in [2.05, 4.69) is 0 Å². The van der Waals surface area contributed by atoms with Gasteiger partial charge in [-0.15, -0.1) is 0 Å². The van der Waals surface area contributed by atoms with Gasteiger partial charge in [0.25, 0.3) is 11.8 Å². The third-order valence-electron chi connectivity index (χ3n) is 6.67. The van der Waals surface area contributed by atoms with Crippen LogP contribution in [-0.4, -0.2) is 59.0 Å². The lowest BCUT2D eigenvalue weighted by Crippen LogP contribution is -2.55. The molecule has 4 aromatic rings. The maximum absolute atomic E-state index is 13.7. The number of piperazine rings is 1. The van der Waals surface area contributed by atoms with Crippen LogP contribution in [-0.2, 0) is 6.54 Å². The fraction of sp³-hybridized carbons (Fsp3) is 0.286. The Balaban J connectivity index is 1.36. The molecule has 0 radical (unpaired) electrons. The molecular weight excluding hydrogens is 442 g/mol. The molecule has 1 aliphatic heterocycles. The first-order valence-corrected chi connectivity index (χ1v) is 11.8. The number of hydrogen-bond donors (Lipinski definition) is 0. The van der Waals surface area contributed by atoms with Gasteiger partial charge in [0.1, 0.15) is 11.4 Å². The van der Waals surface area contributed by atoms with E-state index in [1.54, 1.807) is 13.4 Å². The van der Waals surface area contributed by atoms with Crippen LogP contribution in [0.25, 0.3) is 11.1 Å². The number of carbonyl (C=O) groups excluding carboxylic acids is 2. The van der Waals surface area contributed by atoms with Gasteiger partial charge < -0.3 is 23.5 Å². The summed E-state index contributed by atoms with van der Waals surface area (Å²) in [5.74, 6) is 0.707. The average Bonchev–Trinajstić information content (AvgIpc) is 3.46. The Bertz CT molecular complexity index is 1370. The highest BCUT2D eigenvalue weighted by Crippen LogP contribution is 2.26. The van der Waals surface area contributed by atoms with Crippen molar-refractivity contribution in [2.24, 2.45) is 0 Å². The summed E-state index contributed by atoms with van der Waals surface area (Å²) < 4.78 is 13.0. The maximum atomic E-state index is 13.7. The minimum atomic E-state index is -0.0914. The van der Waals surface area contributed by atoms with Gasteiger partial charge in [-0.3, -0.25) is 9.59 Å². The molecule has 1 atom stereocenters. The second-order valence-corrected chi connectivity index (χ2v) is 9.11. The number of furan rings is 1. The Morgan fingerprint density at radius 1 is 1.03 bits per heavy atom. The van der Waals surface area contributed by atoms with Gasteiger partial charge in [0.15, 0.2) is 0 Å². The molecule has 1 fully saturated rings. The van der Waals surface area contributed by atoms with E-state index >= 15 is 0 Å². The summed E-state index contributed by atoms with van der Waals surface area (Å²) in [7, 11) is 1.64. The van der Waals surface area contributed by atoms with Gasteiger partial charge in [0.05, 0.1) is 19.9 Å². The second-order valence-electron chi connectivity index (χ2n) is 9.11. The van der Waals surface area contributed by atoms with Gasteiger partial charge in [0, 0.05) is 36.6 Å². The van der Waals surface area contributed by atoms with Gasteiger partial charge in [-0.05, 0) is 55.8 Å². The summed E-state index contributed by atoms with van der Waals surface area (Å²) >= 11 is 0. The van der Waals surface area contributed by atoms with Crippen molar-refractivity contribution in [3.8, 4) is 5.75 Å². The number of carbonyl (C=O) groups is 2. The molecule has 7 heteroatoms. The van der Waals surface area contributed by atoms with Crippen molar-refractivity contribution < 1.29 is 18.7 Å². The third-order valence-corrected chi connectivity index (χ3v) is 6.67. The molecule has 35 heavy (non-hydrogen) atoms. The number of amides is 2. The van der Waals surface area contributed by atoms with Crippen molar-refractivity contribution in [2.75, 3.05) is 26.7 Å². The second kappa shape index (κ2) is 9.33. The fourth-order valence-corrected chi connectivity index (χ4v) is 4.73. The molecule has 180 valence electrons. The first-order chi connectivity index (χ1) is 16.9. The SMILES string of the molecule is COc1cccc(Cn2c(C(=O)N3CCN(C(=O)c4ccc(C)cc4)C(C)C3)cc3ccoc32)c1. The van der Waals surface area contributed by atoms with Gasteiger partial charge in [-0.1, -0.05) is 29.8 Å². The van der Waals surface area contributed by atoms with Crippen LogP contribution in [0.3, 0.4) is 0 Å². The Kier molecular flexibility index (Phi) is 6.07. The predicted octanol–water partition coefficient (Wildman–Crippen LogP) is 4.59. The van der Waals surface area contributed by atoms with Gasteiger partial charge >= 0.3 is 0 Å². The van der Waals surface area contributed by atoms with E-state index in [-0.39, 0.29) is 17.9 Å². The minimum Gasteiger partial charge on any atom is -0.497 e. The zero-order chi connectivity index (χ0) is 24.5. The fourth-order valence-electron chi connectivity index (χ4n) is 4.73. The van der Waals surface area contributed by atoms with E-state index in [1.165, 1.54) is 0 Å². The van der Waals surface area contributed by atoms with E-state index in [4.69, 9.17) is 9.15 Å². The number of rotatable bonds is 5. The number of aromatic nitrogens is 1. The standard InChI is InChI=1S/C28H29N3O4/c1-19-7-9-22(10-8-19)26(32)30-13-12-29(17-20(30)2)27(33)25-16-23-11-14-35-28(23)31(25)18-21-5-4-6-24(15-21)34-3/h4-11,14-16,20H,12-13,17-18H2,1-3H3. The minimum absolute atomic E-state index is 0.00325. The molecule has 1 unspecified atom stereocenters. The van der Waals surface area contributed by atoms with E-state index in [1.807, 2.05) is 88.9 Å². The molecule has 3 heterocycles. The monoisotopic (exact) mass is 471 g/mol. The van der Waals surface area contributed by atoms with Crippen molar-refractivity contribution in [3.63, 3.8) is 0 Å². The first kappa shape index (κ1) is 22.8. The van der Waals surface area contributed by atoms with Crippen LogP contribution in [0.4, 0.5) is 0 Å². The van der Waals surface area contributed by atoms with Crippen molar-refractivity contribution in [2.45, 2.75) is 26.4 Å². The molecule has 1 aliphatic rings. The molecule has 0 saturated carbocycles. The van der Waals surface area contributed by atoms with Gasteiger partial charge in [0.2, 0.25) is 5.71 Å². The summed E-state index contributed by atoms with van der Waals surface area (Å²) in [4.78, 5) is 30.4. The number of methoxy groups -OCH3 is 1. The summed E-state index contributed by atoms with van der Waals surface area (Å²) in [6.45, 7) is 5.92. The number of nitrogens with zero attached hydrogens (tertiary/aromatic N) is 3. The molecule has 2 aromatic carbocycles. The lowest BCUT2D eigenvalue weighted by Gasteiger charge is -2.40. The number of aryl methyl sites for hydroxylation is 1. The number of hydrogen-bond acceptors (Lipinski definition) is 4. The molecule has 7 nitrogen and oxygen atoms in total. The van der Waals surface area contributed by atoms with Gasteiger partial charge in [-0.25, -0.2) is 0 Å². The lowest BCUT2D eigenvalue weighted by molar-refractivity contribution is 0.0409. The molecule has 0 spiro atoms. The first-order valence-electron chi connectivity index (χ1n) is 11.8. The number of fused-ring (bicyclic) bond motifs is 1. The maximum Gasteiger partial charge on any atom is 0.270 e. The topological polar surface area (TPSA) is 67.9 Å². The Labute approximate surface area is 204 Å². The third kappa shape index (κ3) is 4.41. The van der Waals surface area contributed by atoms with E-state index in [0.717, 1.165) is 22.3 Å². The summed E-state index contributed by atoms with van der Waals surface area (Å²) in [5, 5.41) is 0.887. The quantitative estimate of drug-likeness (QED) is 0.427. The molecule has 0 aliphatic carbocycles. The van der Waals surface area contributed by atoms with Crippen LogP contribution in [0, 0.1) is 6.92 Å². The zero-order valence-electron chi connectivity index (χ0n) is 20.2. The molecule has 1 saturated heterocycles. The van der Waals surface area contributed by atoms with E-state index in [9.17, 15) is 9.59 Å². The van der Waals surface area contributed by atoms with Crippen LogP contribution < -0.4 is 4.74 Å². The molecule has 2 aromatic heterocycles. The van der Waals surface area contributed by atoms with Crippen molar-refractivity contribution in [1.29, 1.82) is 0 Å². The predicted molar refractivity (Wildman–Crippen MR) is 134 cm³/mol. The normalized spacial score (nSPS) is 16.0. The van der Waals surface area contributed by atoms with Crippen molar-refractivity contribution >= 4 is 22.9 Å². The molecule has 2 amide bonds. The average molecular weight is 472 g/mol. The molecule has 0 bridgehead atoms. The highest BCUT2D eigenvalue weighted by molar-refractivity contribution is 5.98. The zero-order valence-corrected chi connectivity index (χ0v) is 20.2. The smallest absolute Gasteiger partial charge is 0.270 e.